The number of carbonyl (C=O) groups excluding carboxylic acids is 2. The van der Waals surface area contributed by atoms with Crippen LogP contribution in [0.25, 0.3) is 5.76 Å². The van der Waals surface area contributed by atoms with E-state index in [0.717, 1.165) is 12.0 Å². The number of ether oxygens (including phenoxy) is 1. The van der Waals surface area contributed by atoms with E-state index in [1.54, 1.807) is 48.7 Å². The van der Waals surface area contributed by atoms with Gasteiger partial charge in [0.05, 0.1) is 18.2 Å². The molecule has 2 heterocycles. The third-order valence-electron chi connectivity index (χ3n) is 6.03. The van der Waals surface area contributed by atoms with Gasteiger partial charge in [-0.3, -0.25) is 14.5 Å². The number of hydrogen-bond acceptors (Lipinski definition) is 5. The fourth-order valence-electron chi connectivity index (χ4n) is 4.13. The average Bonchev–Trinajstić information content (AvgIpc) is 3.13. The second-order valence-electron chi connectivity index (χ2n) is 9.60. The van der Waals surface area contributed by atoms with E-state index < -0.39 is 17.7 Å². The summed E-state index contributed by atoms with van der Waals surface area (Å²) in [6.07, 6.45) is 2.45. The summed E-state index contributed by atoms with van der Waals surface area (Å²) < 4.78 is 5.62. The van der Waals surface area contributed by atoms with Crippen molar-refractivity contribution in [3.05, 3.63) is 95.2 Å². The third-order valence-corrected chi connectivity index (χ3v) is 6.03. The van der Waals surface area contributed by atoms with Gasteiger partial charge < -0.3 is 9.84 Å². The molecule has 1 aromatic heterocycles. The van der Waals surface area contributed by atoms with Crippen LogP contribution in [0, 0.1) is 0 Å². The molecule has 0 saturated carbocycles. The summed E-state index contributed by atoms with van der Waals surface area (Å²) in [4.78, 5) is 32.1. The lowest BCUT2D eigenvalue weighted by atomic mass is 9.85. The quantitative estimate of drug-likeness (QED) is 0.280. The normalized spacial score (nSPS) is 17.6. The number of aliphatic hydroxyl groups is 1. The average molecular weight is 471 g/mol. The van der Waals surface area contributed by atoms with Crippen LogP contribution in [-0.2, 0) is 15.0 Å². The SMILES string of the molecule is CCCOc1ccc(C(O)=C2C(=O)C(=O)N(c3ccccn3)[C@@H]2c2ccc(C(C)(C)C)cc2)cc1. The van der Waals surface area contributed by atoms with Crippen molar-refractivity contribution in [2.45, 2.75) is 45.6 Å². The Morgan fingerprint density at radius 3 is 2.26 bits per heavy atom. The summed E-state index contributed by atoms with van der Waals surface area (Å²) in [5, 5.41) is 11.3. The third kappa shape index (κ3) is 4.83. The second kappa shape index (κ2) is 9.74. The molecule has 1 amide bonds. The summed E-state index contributed by atoms with van der Waals surface area (Å²) >= 11 is 0. The van der Waals surface area contributed by atoms with Gasteiger partial charge in [-0.2, -0.15) is 0 Å². The van der Waals surface area contributed by atoms with E-state index in [2.05, 4.69) is 25.8 Å². The molecule has 0 spiro atoms. The predicted molar refractivity (Wildman–Crippen MR) is 136 cm³/mol. The number of hydrogen-bond donors (Lipinski definition) is 1. The molecule has 1 aliphatic rings. The molecule has 3 aromatic rings. The van der Waals surface area contributed by atoms with Gasteiger partial charge in [-0.05, 0) is 59.4 Å². The molecular weight excluding hydrogens is 440 g/mol. The van der Waals surface area contributed by atoms with Gasteiger partial charge in [-0.25, -0.2) is 4.98 Å². The smallest absolute Gasteiger partial charge is 0.301 e. The van der Waals surface area contributed by atoms with Crippen LogP contribution in [0.3, 0.4) is 0 Å². The monoisotopic (exact) mass is 470 g/mol. The molecule has 0 aliphatic carbocycles. The lowest BCUT2D eigenvalue weighted by Gasteiger charge is -2.25. The van der Waals surface area contributed by atoms with E-state index in [4.69, 9.17) is 4.74 Å². The summed E-state index contributed by atoms with van der Waals surface area (Å²) in [7, 11) is 0. The largest absolute Gasteiger partial charge is 0.507 e. The van der Waals surface area contributed by atoms with E-state index in [1.807, 2.05) is 31.2 Å². The molecule has 2 aromatic carbocycles. The lowest BCUT2D eigenvalue weighted by molar-refractivity contribution is -0.132. The predicted octanol–water partition coefficient (Wildman–Crippen LogP) is 5.79. The first-order valence-corrected chi connectivity index (χ1v) is 11.8. The molecule has 0 radical (unpaired) electrons. The zero-order valence-electron chi connectivity index (χ0n) is 20.5. The van der Waals surface area contributed by atoms with Gasteiger partial charge in [0.25, 0.3) is 5.78 Å². The Balaban J connectivity index is 1.84. The number of aromatic nitrogens is 1. The van der Waals surface area contributed by atoms with Gasteiger partial charge in [0.1, 0.15) is 17.3 Å². The highest BCUT2D eigenvalue weighted by Crippen LogP contribution is 2.42. The molecule has 6 heteroatoms. The van der Waals surface area contributed by atoms with Crippen molar-refractivity contribution < 1.29 is 19.4 Å². The molecule has 6 nitrogen and oxygen atoms in total. The van der Waals surface area contributed by atoms with Crippen LogP contribution in [0.15, 0.2) is 78.5 Å². The number of rotatable bonds is 6. The zero-order valence-corrected chi connectivity index (χ0v) is 20.5. The standard InChI is InChI=1S/C29H30N2O4/c1-5-18-35-22-15-11-20(12-16-22)26(32)24-25(19-9-13-21(14-10-19)29(2,3)4)31(28(34)27(24)33)23-8-6-7-17-30-23/h6-17,25,32H,5,18H2,1-4H3/t25-/m1/s1. The number of amides is 1. The van der Waals surface area contributed by atoms with Gasteiger partial charge >= 0.3 is 5.91 Å². The van der Waals surface area contributed by atoms with Crippen molar-refractivity contribution in [1.29, 1.82) is 0 Å². The molecule has 1 aliphatic heterocycles. The van der Waals surface area contributed by atoms with Gasteiger partial charge in [0.2, 0.25) is 0 Å². The maximum atomic E-state index is 13.3. The van der Waals surface area contributed by atoms with E-state index in [9.17, 15) is 14.7 Å². The molecule has 35 heavy (non-hydrogen) atoms. The molecule has 0 unspecified atom stereocenters. The van der Waals surface area contributed by atoms with Crippen LogP contribution >= 0.6 is 0 Å². The Bertz CT molecular complexity index is 1240. The van der Waals surface area contributed by atoms with Crippen molar-refractivity contribution in [3.8, 4) is 5.75 Å². The van der Waals surface area contributed by atoms with Gasteiger partial charge in [-0.15, -0.1) is 0 Å². The Morgan fingerprint density at radius 1 is 1.00 bits per heavy atom. The molecular formula is C29H30N2O4. The van der Waals surface area contributed by atoms with Crippen molar-refractivity contribution >= 4 is 23.3 Å². The van der Waals surface area contributed by atoms with E-state index >= 15 is 0 Å². The van der Waals surface area contributed by atoms with E-state index in [-0.39, 0.29) is 16.7 Å². The highest BCUT2D eigenvalue weighted by molar-refractivity contribution is 6.51. The van der Waals surface area contributed by atoms with Crippen molar-refractivity contribution in [2.24, 2.45) is 0 Å². The summed E-state index contributed by atoms with van der Waals surface area (Å²) in [5.74, 6) is -0.676. The number of benzene rings is 2. The molecule has 1 saturated heterocycles. The Kier molecular flexibility index (Phi) is 6.74. The minimum absolute atomic E-state index is 0.0337. The molecule has 1 fully saturated rings. The van der Waals surface area contributed by atoms with Crippen molar-refractivity contribution in [3.63, 3.8) is 0 Å². The lowest BCUT2D eigenvalue weighted by Crippen LogP contribution is -2.30. The summed E-state index contributed by atoms with van der Waals surface area (Å²) in [6.45, 7) is 8.97. The number of Topliss-reactive ketones (excluding diaryl/α,β-unsaturated/α-hetero) is 1. The fourth-order valence-corrected chi connectivity index (χ4v) is 4.13. The Morgan fingerprint density at radius 2 is 1.69 bits per heavy atom. The molecule has 0 bridgehead atoms. The van der Waals surface area contributed by atoms with Crippen LogP contribution in [0.2, 0.25) is 0 Å². The van der Waals surface area contributed by atoms with Crippen LogP contribution in [-0.4, -0.2) is 28.4 Å². The van der Waals surface area contributed by atoms with Crippen LogP contribution in [0.1, 0.15) is 56.8 Å². The topological polar surface area (TPSA) is 79.7 Å². The number of ketones is 1. The molecule has 4 rings (SSSR count). The number of nitrogens with zero attached hydrogens (tertiary/aromatic N) is 2. The molecule has 1 N–H and O–H groups in total. The van der Waals surface area contributed by atoms with Crippen molar-refractivity contribution in [2.75, 3.05) is 11.5 Å². The van der Waals surface area contributed by atoms with Crippen LogP contribution in [0.5, 0.6) is 5.75 Å². The number of anilines is 1. The first-order valence-electron chi connectivity index (χ1n) is 11.8. The number of carbonyl (C=O) groups is 2. The minimum Gasteiger partial charge on any atom is -0.507 e. The van der Waals surface area contributed by atoms with Gasteiger partial charge in [0.15, 0.2) is 0 Å². The van der Waals surface area contributed by atoms with E-state index in [0.29, 0.717) is 29.3 Å². The first kappa shape index (κ1) is 24.2. The Labute approximate surface area is 205 Å². The van der Waals surface area contributed by atoms with Gasteiger partial charge in [0, 0.05) is 11.8 Å². The molecule has 180 valence electrons. The maximum absolute atomic E-state index is 13.3. The second-order valence-corrected chi connectivity index (χ2v) is 9.60. The Hall–Kier alpha value is -3.93. The summed E-state index contributed by atoms with van der Waals surface area (Å²) in [6, 6.07) is 19.0. The zero-order chi connectivity index (χ0) is 25.2. The maximum Gasteiger partial charge on any atom is 0.301 e. The number of pyridine rings is 1. The highest BCUT2D eigenvalue weighted by atomic mass is 16.5. The number of aliphatic hydroxyl groups excluding tert-OH is 1. The molecule has 1 atom stereocenters. The highest BCUT2D eigenvalue weighted by Gasteiger charge is 2.47. The van der Waals surface area contributed by atoms with Crippen LogP contribution in [0.4, 0.5) is 5.82 Å². The van der Waals surface area contributed by atoms with Crippen molar-refractivity contribution in [1.82, 2.24) is 4.98 Å². The minimum atomic E-state index is -0.810. The fraction of sp³-hybridized carbons (Fsp3) is 0.276. The first-order chi connectivity index (χ1) is 16.7. The van der Waals surface area contributed by atoms with Gasteiger partial charge in [-0.1, -0.05) is 58.0 Å². The summed E-state index contributed by atoms with van der Waals surface area (Å²) in [5.41, 5.74) is 2.25. The van der Waals surface area contributed by atoms with E-state index in [1.165, 1.54) is 4.90 Å². The van der Waals surface area contributed by atoms with Crippen LogP contribution < -0.4 is 9.64 Å².